The van der Waals surface area contributed by atoms with Crippen LogP contribution in [0.15, 0.2) is 12.7 Å². The number of hydrogen-bond donors (Lipinski definition) is 1. The Labute approximate surface area is 42.9 Å². The molecule has 0 heterocycles. The van der Waals surface area contributed by atoms with Crippen LogP contribution in [-0.2, 0) is 9.09 Å². The van der Waals surface area contributed by atoms with E-state index in [4.69, 9.17) is 5.11 Å². The summed E-state index contributed by atoms with van der Waals surface area (Å²) in [6.45, 7) is 3.16. The van der Waals surface area contributed by atoms with Crippen molar-refractivity contribution >= 4 is 8.69 Å². The van der Waals surface area contributed by atoms with E-state index in [9.17, 15) is 4.57 Å². The predicted octanol–water partition coefficient (Wildman–Crippen LogP) is 0.714. The summed E-state index contributed by atoms with van der Waals surface area (Å²) < 4.78 is 13.5. The maximum Gasteiger partial charge on any atom is 0.330 e. The van der Waals surface area contributed by atoms with Gasteiger partial charge in [-0.05, 0) is 6.08 Å². The van der Waals surface area contributed by atoms with Gasteiger partial charge in [0.1, 0.15) is 0 Å². The third-order valence-corrected chi connectivity index (χ3v) is 0.655. The van der Waals surface area contributed by atoms with E-state index in [1.165, 1.54) is 0 Å². The predicted molar refractivity (Wildman–Crippen MR) is 24.9 cm³/mol. The van der Waals surface area contributed by atoms with Crippen molar-refractivity contribution in [3.8, 4) is 0 Å². The molecule has 0 saturated carbocycles. The lowest BCUT2D eigenvalue weighted by Crippen LogP contribution is -1.98. The fraction of sp³-hybridized carbons (Fsp3) is 0.333. The van der Waals surface area contributed by atoms with Gasteiger partial charge in [0, 0.05) is 0 Å². The van der Waals surface area contributed by atoms with Gasteiger partial charge in [0.25, 0.3) is 0 Å². The SMILES string of the molecule is C=CC(O)OP=O. The maximum atomic E-state index is 9.44. The first-order chi connectivity index (χ1) is 3.31. The van der Waals surface area contributed by atoms with Crippen LogP contribution in [0.3, 0.4) is 0 Å². The van der Waals surface area contributed by atoms with Crippen molar-refractivity contribution in [2.75, 3.05) is 0 Å². The van der Waals surface area contributed by atoms with Gasteiger partial charge >= 0.3 is 8.69 Å². The van der Waals surface area contributed by atoms with Crippen molar-refractivity contribution in [3.63, 3.8) is 0 Å². The molecule has 0 radical (unpaired) electrons. The Morgan fingerprint density at radius 3 is 2.71 bits per heavy atom. The molecule has 0 aromatic heterocycles. The van der Waals surface area contributed by atoms with Crippen LogP contribution in [0.4, 0.5) is 0 Å². The molecule has 40 valence electrons. The molecule has 0 amide bonds. The van der Waals surface area contributed by atoms with Gasteiger partial charge in [0.05, 0.1) is 0 Å². The van der Waals surface area contributed by atoms with E-state index in [0.29, 0.717) is 0 Å². The summed E-state index contributed by atoms with van der Waals surface area (Å²) in [5, 5.41) is 8.31. The summed E-state index contributed by atoms with van der Waals surface area (Å²) in [4.78, 5) is 0. The summed E-state index contributed by atoms with van der Waals surface area (Å²) in [5.74, 6) is 0. The van der Waals surface area contributed by atoms with Gasteiger partial charge in [-0.2, -0.15) is 0 Å². The zero-order valence-electron chi connectivity index (χ0n) is 3.57. The fourth-order valence-corrected chi connectivity index (χ4v) is 0.261. The highest BCUT2D eigenvalue weighted by Crippen LogP contribution is 1.98. The lowest BCUT2D eigenvalue weighted by Gasteiger charge is -1.93. The molecular formula is C3H5O3P. The Morgan fingerprint density at radius 1 is 2.00 bits per heavy atom. The van der Waals surface area contributed by atoms with Gasteiger partial charge in [-0.3, -0.25) is 4.52 Å². The molecule has 1 N–H and O–H groups in total. The topological polar surface area (TPSA) is 46.5 Å². The number of aliphatic hydroxyl groups excluding tert-OH is 1. The van der Waals surface area contributed by atoms with Gasteiger partial charge in [0.15, 0.2) is 6.29 Å². The fourth-order valence-electron chi connectivity index (χ4n) is 0.0871. The van der Waals surface area contributed by atoms with E-state index < -0.39 is 15.0 Å². The van der Waals surface area contributed by atoms with Crippen LogP contribution >= 0.6 is 8.69 Å². The van der Waals surface area contributed by atoms with Gasteiger partial charge in [-0.1, -0.05) is 6.58 Å². The van der Waals surface area contributed by atoms with E-state index in [-0.39, 0.29) is 0 Å². The Morgan fingerprint density at radius 2 is 2.57 bits per heavy atom. The third-order valence-electron chi connectivity index (χ3n) is 0.353. The van der Waals surface area contributed by atoms with Crippen LogP contribution < -0.4 is 0 Å². The average molecular weight is 120 g/mol. The van der Waals surface area contributed by atoms with E-state index in [1.54, 1.807) is 0 Å². The molecule has 3 nitrogen and oxygen atoms in total. The van der Waals surface area contributed by atoms with Crippen LogP contribution in [0.1, 0.15) is 0 Å². The molecule has 1 atom stereocenters. The molecule has 0 rings (SSSR count). The first kappa shape index (κ1) is 6.76. The number of hydrogen-bond acceptors (Lipinski definition) is 3. The highest BCUT2D eigenvalue weighted by atomic mass is 31.1. The Balaban J connectivity index is 3.15. The Hall–Kier alpha value is -0.240. The molecule has 4 heteroatoms. The normalized spacial score (nSPS) is 13.9. The van der Waals surface area contributed by atoms with Crippen molar-refractivity contribution in [1.82, 2.24) is 0 Å². The van der Waals surface area contributed by atoms with E-state index in [1.807, 2.05) is 0 Å². The first-order valence-corrected chi connectivity index (χ1v) is 2.33. The van der Waals surface area contributed by atoms with Crippen molar-refractivity contribution in [2.24, 2.45) is 0 Å². The van der Waals surface area contributed by atoms with E-state index in [0.717, 1.165) is 6.08 Å². The summed E-state index contributed by atoms with van der Waals surface area (Å²) in [6, 6.07) is 0. The maximum absolute atomic E-state index is 9.44. The van der Waals surface area contributed by atoms with Crippen LogP contribution in [0, 0.1) is 0 Å². The Bertz CT molecular complexity index is 72.6. The molecule has 0 aliphatic rings. The quantitative estimate of drug-likeness (QED) is 0.339. The molecule has 1 unspecified atom stereocenters. The summed E-state index contributed by atoms with van der Waals surface area (Å²) in [5.41, 5.74) is 0. The van der Waals surface area contributed by atoms with Gasteiger partial charge in [0.2, 0.25) is 0 Å². The molecule has 0 bridgehead atoms. The van der Waals surface area contributed by atoms with Crippen molar-refractivity contribution in [3.05, 3.63) is 12.7 Å². The van der Waals surface area contributed by atoms with Crippen molar-refractivity contribution in [1.29, 1.82) is 0 Å². The highest BCUT2D eigenvalue weighted by molar-refractivity contribution is 7.17. The van der Waals surface area contributed by atoms with E-state index in [2.05, 4.69) is 11.1 Å². The smallest absolute Gasteiger partial charge is 0.330 e. The molecule has 0 aliphatic heterocycles. The zero-order chi connectivity index (χ0) is 5.70. The summed E-state index contributed by atoms with van der Waals surface area (Å²) in [7, 11) is -0.532. The average Bonchev–Trinajstić information content (AvgIpc) is 1.68. The first-order valence-electron chi connectivity index (χ1n) is 1.60. The van der Waals surface area contributed by atoms with Gasteiger partial charge < -0.3 is 5.11 Å². The number of rotatable bonds is 3. The summed E-state index contributed by atoms with van der Waals surface area (Å²) in [6.07, 6.45) is 0.0180. The molecule has 7 heavy (non-hydrogen) atoms. The van der Waals surface area contributed by atoms with E-state index >= 15 is 0 Å². The number of aliphatic hydroxyl groups is 1. The lowest BCUT2D eigenvalue weighted by atomic mass is 10.6. The molecule has 0 saturated heterocycles. The van der Waals surface area contributed by atoms with Gasteiger partial charge in [-0.25, -0.2) is 4.57 Å². The minimum atomic E-state index is -1.11. The van der Waals surface area contributed by atoms with Crippen LogP contribution in [0.5, 0.6) is 0 Å². The molecule has 0 fully saturated rings. The molecule has 0 spiro atoms. The Kier molecular flexibility index (Phi) is 3.80. The highest BCUT2D eigenvalue weighted by Gasteiger charge is 1.92. The second kappa shape index (κ2) is 3.93. The van der Waals surface area contributed by atoms with Crippen molar-refractivity contribution < 1.29 is 14.2 Å². The monoisotopic (exact) mass is 120 g/mol. The zero-order valence-corrected chi connectivity index (χ0v) is 4.47. The van der Waals surface area contributed by atoms with Crippen LogP contribution in [0.25, 0.3) is 0 Å². The largest absolute Gasteiger partial charge is 0.364 e. The second-order valence-corrected chi connectivity index (χ2v) is 1.17. The van der Waals surface area contributed by atoms with Gasteiger partial charge in [-0.15, -0.1) is 0 Å². The molecule has 0 aromatic carbocycles. The van der Waals surface area contributed by atoms with Crippen LogP contribution in [-0.4, -0.2) is 11.4 Å². The minimum Gasteiger partial charge on any atom is -0.364 e. The molecular weight excluding hydrogens is 115 g/mol. The van der Waals surface area contributed by atoms with Crippen molar-refractivity contribution in [2.45, 2.75) is 6.29 Å². The summed E-state index contributed by atoms with van der Waals surface area (Å²) >= 11 is 0. The second-order valence-electron chi connectivity index (χ2n) is 0.806. The standard InChI is InChI=1S/C3H5O3P/c1-2-3(4)6-7-5/h2-4H,1H2. The minimum absolute atomic E-state index is 0.532. The molecule has 0 aliphatic carbocycles. The van der Waals surface area contributed by atoms with Crippen LogP contribution in [0.2, 0.25) is 0 Å². The molecule has 0 aromatic rings. The third kappa shape index (κ3) is 3.59. The lowest BCUT2D eigenvalue weighted by molar-refractivity contribution is 0.0362.